The molecular formula is C15H18FN5S2. The SMILES string of the molecule is CCC(C)C(N)c1nnc2sc(SCc3ccc(F)cc3)nn12. The van der Waals surface area contributed by atoms with Crippen molar-refractivity contribution in [3.8, 4) is 0 Å². The minimum atomic E-state index is -0.221. The third-order valence-corrected chi connectivity index (χ3v) is 5.93. The zero-order chi connectivity index (χ0) is 16.4. The summed E-state index contributed by atoms with van der Waals surface area (Å²) >= 11 is 3.09. The van der Waals surface area contributed by atoms with Gasteiger partial charge in [0.25, 0.3) is 0 Å². The number of rotatable bonds is 6. The molecule has 1 aromatic carbocycles. The third kappa shape index (κ3) is 3.54. The number of hydrogen-bond acceptors (Lipinski definition) is 6. The van der Waals surface area contributed by atoms with Crippen molar-refractivity contribution in [3.05, 3.63) is 41.5 Å². The van der Waals surface area contributed by atoms with Crippen LogP contribution in [-0.2, 0) is 5.75 Å². The molecule has 2 heterocycles. The highest BCUT2D eigenvalue weighted by molar-refractivity contribution is 8.00. The van der Waals surface area contributed by atoms with Crippen LogP contribution in [0.1, 0.15) is 37.7 Å². The topological polar surface area (TPSA) is 69.1 Å². The van der Waals surface area contributed by atoms with E-state index in [9.17, 15) is 4.39 Å². The van der Waals surface area contributed by atoms with Crippen LogP contribution in [0, 0.1) is 11.7 Å². The van der Waals surface area contributed by atoms with Crippen molar-refractivity contribution in [3.63, 3.8) is 0 Å². The molecule has 23 heavy (non-hydrogen) atoms. The first kappa shape index (κ1) is 16.4. The van der Waals surface area contributed by atoms with E-state index in [4.69, 9.17) is 5.73 Å². The molecule has 0 saturated heterocycles. The Labute approximate surface area is 142 Å². The van der Waals surface area contributed by atoms with Gasteiger partial charge in [-0.25, -0.2) is 4.39 Å². The van der Waals surface area contributed by atoms with Crippen LogP contribution in [0.4, 0.5) is 4.39 Å². The third-order valence-electron chi connectivity index (χ3n) is 3.83. The van der Waals surface area contributed by atoms with Crippen molar-refractivity contribution in [2.75, 3.05) is 0 Å². The molecule has 3 rings (SSSR count). The van der Waals surface area contributed by atoms with E-state index in [1.807, 2.05) is 0 Å². The van der Waals surface area contributed by atoms with E-state index in [2.05, 4.69) is 29.1 Å². The summed E-state index contributed by atoms with van der Waals surface area (Å²) in [6, 6.07) is 6.34. The fourth-order valence-electron chi connectivity index (χ4n) is 2.11. The Hall–Kier alpha value is -1.51. The first-order valence-corrected chi connectivity index (χ1v) is 9.23. The highest BCUT2D eigenvalue weighted by atomic mass is 32.2. The minimum Gasteiger partial charge on any atom is -0.321 e. The monoisotopic (exact) mass is 351 g/mol. The van der Waals surface area contributed by atoms with Crippen LogP contribution in [0.15, 0.2) is 28.6 Å². The van der Waals surface area contributed by atoms with E-state index in [-0.39, 0.29) is 11.9 Å². The summed E-state index contributed by atoms with van der Waals surface area (Å²) in [6.07, 6.45) is 0.979. The summed E-state index contributed by atoms with van der Waals surface area (Å²) in [5, 5.41) is 12.9. The summed E-state index contributed by atoms with van der Waals surface area (Å²) in [6.45, 7) is 4.20. The molecule has 0 bridgehead atoms. The molecule has 2 unspecified atom stereocenters. The number of thioether (sulfide) groups is 1. The molecule has 8 heteroatoms. The van der Waals surface area contributed by atoms with Gasteiger partial charge >= 0.3 is 0 Å². The van der Waals surface area contributed by atoms with Crippen molar-refractivity contribution in [2.24, 2.45) is 11.7 Å². The van der Waals surface area contributed by atoms with Crippen molar-refractivity contribution in [1.82, 2.24) is 19.8 Å². The highest BCUT2D eigenvalue weighted by Crippen LogP contribution is 2.29. The van der Waals surface area contributed by atoms with Crippen LogP contribution in [0.5, 0.6) is 0 Å². The zero-order valence-electron chi connectivity index (χ0n) is 12.9. The Kier molecular flexibility index (Phi) is 4.93. The van der Waals surface area contributed by atoms with Crippen molar-refractivity contribution in [2.45, 2.75) is 36.4 Å². The van der Waals surface area contributed by atoms with E-state index < -0.39 is 0 Å². The van der Waals surface area contributed by atoms with Crippen molar-refractivity contribution < 1.29 is 4.39 Å². The number of nitrogens with two attached hydrogens (primary N) is 1. The smallest absolute Gasteiger partial charge is 0.235 e. The van der Waals surface area contributed by atoms with Crippen LogP contribution in [-0.4, -0.2) is 19.8 Å². The molecule has 3 aromatic rings. The van der Waals surface area contributed by atoms with Gasteiger partial charge in [0.05, 0.1) is 6.04 Å². The van der Waals surface area contributed by atoms with E-state index in [1.165, 1.54) is 23.5 Å². The maximum Gasteiger partial charge on any atom is 0.235 e. The molecule has 0 fully saturated rings. The number of halogens is 1. The second-order valence-corrected chi connectivity index (χ2v) is 7.63. The Bertz CT molecular complexity index is 783. The molecular weight excluding hydrogens is 333 g/mol. The van der Waals surface area contributed by atoms with Gasteiger partial charge in [-0.05, 0) is 23.6 Å². The second kappa shape index (κ2) is 6.94. The lowest BCUT2D eigenvalue weighted by Crippen LogP contribution is -2.21. The Morgan fingerprint density at radius 3 is 2.74 bits per heavy atom. The average Bonchev–Trinajstić information content (AvgIpc) is 3.13. The molecule has 2 aromatic heterocycles. The first-order valence-electron chi connectivity index (χ1n) is 7.43. The molecule has 2 N–H and O–H groups in total. The minimum absolute atomic E-state index is 0.174. The van der Waals surface area contributed by atoms with Gasteiger partial charge in [-0.1, -0.05) is 55.5 Å². The molecule has 0 spiro atoms. The van der Waals surface area contributed by atoms with E-state index in [0.29, 0.717) is 11.7 Å². The van der Waals surface area contributed by atoms with Gasteiger partial charge < -0.3 is 5.73 Å². The first-order chi connectivity index (χ1) is 11.1. The van der Waals surface area contributed by atoms with Crippen molar-refractivity contribution in [1.29, 1.82) is 0 Å². The van der Waals surface area contributed by atoms with E-state index in [1.54, 1.807) is 28.4 Å². The molecule has 2 atom stereocenters. The van der Waals surface area contributed by atoms with Crippen LogP contribution >= 0.6 is 23.1 Å². The molecule has 0 radical (unpaired) electrons. The van der Waals surface area contributed by atoms with Gasteiger partial charge in [-0.3, -0.25) is 0 Å². The lowest BCUT2D eigenvalue weighted by atomic mass is 10.00. The number of nitrogens with zero attached hydrogens (tertiary/aromatic N) is 4. The largest absolute Gasteiger partial charge is 0.321 e. The van der Waals surface area contributed by atoms with Crippen molar-refractivity contribution >= 4 is 28.1 Å². The summed E-state index contributed by atoms with van der Waals surface area (Å²) in [5.41, 5.74) is 7.30. The summed E-state index contributed by atoms with van der Waals surface area (Å²) in [4.78, 5) is 0.750. The van der Waals surface area contributed by atoms with Crippen LogP contribution in [0.3, 0.4) is 0 Å². The number of fused-ring (bicyclic) bond motifs is 1. The van der Waals surface area contributed by atoms with Gasteiger partial charge in [0.15, 0.2) is 10.2 Å². The highest BCUT2D eigenvalue weighted by Gasteiger charge is 2.21. The fraction of sp³-hybridized carbons (Fsp3) is 0.400. The predicted molar refractivity (Wildman–Crippen MR) is 91.0 cm³/mol. The number of aromatic nitrogens is 4. The number of hydrogen-bond donors (Lipinski definition) is 1. The molecule has 0 aliphatic heterocycles. The Balaban J connectivity index is 1.75. The van der Waals surface area contributed by atoms with Gasteiger partial charge in [0, 0.05) is 5.75 Å². The van der Waals surface area contributed by atoms with E-state index in [0.717, 1.165) is 27.0 Å². The average molecular weight is 351 g/mol. The molecule has 0 saturated carbocycles. The normalized spacial score (nSPS) is 14.3. The molecule has 0 amide bonds. The number of benzene rings is 1. The Morgan fingerprint density at radius 1 is 1.30 bits per heavy atom. The molecule has 0 aliphatic rings. The van der Waals surface area contributed by atoms with Gasteiger partial charge in [-0.2, -0.15) is 4.52 Å². The van der Waals surface area contributed by atoms with Gasteiger partial charge in [0.2, 0.25) is 4.96 Å². The standard InChI is InChI=1S/C15H18FN5S2/c1-3-9(2)12(17)13-18-19-14-21(13)20-15(23-14)22-8-10-4-6-11(16)7-5-10/h4-7,9,12H,3,8,17H2,1-2H3. The second-order valence-electron chi connectivity index (χ2n) is 5.45. The quantitative estimate of drug-likeness (QED) is 0.686. The fourth-order valence-corrected chi connectivity index (χ4v) is 3.95. The maximum absolute atomic E-state index is 12.9. The molecule has 122 valence electrons. The summed E-state index contributed by atoms with van der Waals surface area (Å²) in [5.74, 6) is 1.54. The van der Waals surface area contributed by atoms with Gasteiger partial charge in [-0.15, -0.1) is 15.3 Å². The van der Waals surface area contributed by atoms with Crippen LogP contribution in [0.2, 0.25) is 0 Å². The Morgan fingerprint density at radius 2 is 2.04 bits per heavy atom. The maximum atomic E-state index is 12.9. The van der Waals surface area contributed by atoms with Crippen LogP contribution < -0.4 is 5.73 Å². The predicted octanol–water partition coefficient (Wildman–Crippen LogP) is 3.66. The summed E-state index contributed by atoms with van der Waals surface area (Å²) < 4.78 is 15.6. The van der Waals surface area contributed by atoms with Crippen LogP contribution in [0.25, 0.3) is 4.96 Å². The summed E-state index contributed by atoms with van der Waals surface area (Å²) in [7, 11) is 0. The molecule has 0 aliphatic carbocycles. The lowest BCUT2D eigenvalue weighted by molar-refractivity contribution is 0.431. The zero-order valence-corrected chi connectivity index (χ0v) is 14.6. The lowest BCUT2D eigenvalue weighted by Gasteiger charge is -2.15. The molecule has 5 nitrogen and oxygen atoms in total. The van der Waals surface area contributed by atoms with Gasteiger partial charge in [0.1, 0.15) is 5.82 Å². The van der Waals surface area contributed by atoms with E-state index >= 15 is 0 Å².